The van der Waals surface area contributed by atoms with Crippen molar-refractivity contribution in [2.75, 3.05) is 27.2 Å². The Morgan fingerprint density at radius 1 is 1.45 bits per heavy atom. The normalized spacial score (nSPS) is 20.0. The zero-order chi connectivity index (χ0) is 16.2. The van der Waals surface area contributed by atoms with Crippen LogP contribution in [0, 0.1) is 5.92 Å². The molecule has 0 aromatic carbocycles. The molecule has 1 N–H and O–H groups in total. The number of carbonyl (C=O) groups is 1. The Labute approximate surface area is 131 Å². The van der Waals surface area contributed by atoms with Crippen LogP contribution in [0.2, 0.25) is 0 Å². The molecule has 1 amide bonds. The lowest BCUT2D eigenvalue weighted by atomic mass is 9.99. The van der Waals surface area contributed by atoms with Crippen molar-refractivity contribution in [2.45, 2.75) is 19.4 Å². The highest BCUT2D eigenvalue weighted by Gasteiger charge is 2.33. The predicted octanol–water partition coefficient (Wildman–Crippen LogP) is 0.216. The molecule has 1 atom stereocenters. The van der Waals surface area contributed by atoms with E-state index in [-0.39, 0.29) is 18.4 Å². The molecule has 1 fully saturated rings. The summed E-state index contributed by atoms with van der Waals surface area (Å²) in [5.41, 5.74) is 0.782. The molecule has 0 aliphatic carbocycles. The molecule has 7 nitrogen and oxygen atoms in total. The molecule has 8 heteroatoms. The Bertz CT molecular complexity index is 604. The quantitative estimate of drug-likeness (QED) is 0.839. The van der Waals surface area contributed by atoms with Crippen molar-refractivity contribution < 1.29 is 13.2 Å². The highest BCUT2D eigenvalue weighted by atomic mass is 32.2. The smallest absolute Gasteiger partial charge is 0.281 e. The molecule has 0 radical (unpaired) electrons. The minimum absolute atomic E-state index is 0.121. The van der Waals surface area contributed by atoms with Crippen LogP contribution < -0.4 is 5.32 Å². The van der Waals surface area contributed by atoms with Crippen LogP contribution in [0.5, 0.6) is 0 Å². The molecule has 0 spiro atoms. The van der Waals surface area contributed by atoms with Gasteiger partial charge in [0.25, 0.3) is 10.2 Å². The Morgan fingerprint density at radius 3 is 2.86 bits per heavy atom. The van der Waals surface area contributed by atoms with Gasteiger partial charge < -0.3 is 5.32 Å². The van der Waals surface area contributed by atoms with E-state index in [2.05, 4.69) is 10.3 Å². The maximum absolute atomic E-state index is 12.2. The molecular weight excluding hydrogens is 304 g/mol. The summed E-state index contributed by atoms with van der Waals surface area (Å²) in [6.07, 6.45) is 3.07. The molecule has 22 heavy (non-hydrogen) atoms. The number of carbonyl (C=O) groups excluding carboxylic acids is 1. The fourth-order valence-corrected chi connectivity index (χ4v) is 3.61. The summed E-state index contributed by atoms with van der Waals surface area (Å²) in [7, 11) is -0.459. The van der Waals surface area contributed by atoms with Crippen LogP contribution in [-0.4, -0.2) is 55.1 Å². The second-order valence-electron chi connectivity index (χ2n) is 5.53. The third kappa shape index (κ3) is 4.02. The van der Waals surface area contributed by atoms with Gasteiger partial charge in [-0.2, -0.15) is 17.0 Å². The second kappa shape index (κ2) is 7.17. The first kappa shape index (κ1) is 16.9. The van der Waals surface area contributed by atoms with E-state index in [1.54, 1.807) is 6.20 Å². The zero-order valence-electron chi connectivity index (χ0n) is 12.9. The summed E-state index contributed by atoms with van der Waals surface area (Å²) in [4.78, 5) is 16.4. The molecule has 122 valence electrons. The Kier molecular flexibility index (Phi) is 5.49. The van der Waals surface area contributed by atoms with Crippen LogP contribution in [0.3, 0.4) is 0 Å². The lowest BCUT2D eigenvalue weighted by Crippen LogP contribution is -2.48. The summed E-state index contributed by atoms with van der Waals surface area (Å²) in [5.74, 6) is -0.434. The molecule has 0 saturated carbocycles. The third-order valence-corrected chi connectivity index (χ3v) is 5.62. The van der Waals surface area contributed by atoms with Gasteiger partial charge in [-0.3, -0.25) is 9.78 Å². The van der Waals surface area contributed by atoms with Gasteiger partial charge in [0.1, 0.15) is 0 Å². The summed E-state index contributed by atoms with van der Waals surface area (Å²) in [6.45, 7) is 1.05. The van der Waals surface area contributed by atoms with Crippen molar-refractivity contribution in [3.8, 4) is 0 Å². The van der Waals surface area contributed by atoms with Crippen molar-refractivity contribution in [1.29, 1.82) is 0 Å². The largest absolute Gasteiger partial charge is 0.350 e. The van der Waals surface area contributed by atoms with Crippen LogP contribution in [0.4, 0.5) is 0 Å². The van der Waals surface area contributed by atoms with Crippen LogP contribution in [0.1, 0.15) is 18.5 Å². The Balaban J connectivity index is 1.93. The van der Waals surface area contributed by atoms with Gasteiger partial charge >= 0.3 is 0 Å². The van der Waals surface area contributed by atoms with E-state index in [9.17, 15) is 13.2 Å². The van der Waals surface area contributed by atoms with Crippen LogP contribution in [-0.2, 0) is 21.5 Å². The van der Waals surface area contributed by atoms with Gasteiger partial charge in [0.15, 0.2) is 0 Å². The molecule has 1 aliphatic rings. The molecular formula is C14H22N4O3S. The maximum Gasteiger partial charge on any atom is 0.281 e. The van der Waals surface area contributed by atoms with Gasteiger partial charge in [0.05, 0.1) is 18.2 Å². The highest BCUT2D eigenvalue weighted by molar-refractivity contribution is 7.86. The van der Waals surface area contributed by atoms with Gasteiger partial charge in [-0.15, -0.1) is 0 Å². The first-order valence-corrected chi connectivity index (χ1v) is 8.66. The van der Waals surface area contributed by atoms with Gasteiger partial charge in [-0.25, -0.2) is 0 Å². The number of nitrogens with one attached hydrogen (secondary N) is 1. The fourth-order valence-electron chi connectivity index (χ4n) is 2.42. The lowest BCUT2D eigenvalue weighted by Gasteiger charge is -2.32. The van der Waals surface area contributed by atoms with Gasteiger partial charge in [0, 0.05) is 33.4 Å². The number of hydrogen-bond donors (Lipinski definition) is 1. The van der Waals surface area contributed by atoms with E-state index in [1.807, 2.05) is 18.2 Å². The van der Waals surface area contributed by atoms with Gasteiger partial charge in [0.2, 0.25) is 5.91 Å². The predicted molar refractivity (Wildman–Crippen MR) is 83.0 cm³/mol. The summed E-state index contributed by atoms with van der Waals surface area (Å²) < 4.78 is 26.8. The molecule has 1 saturated heterocycles. The number of amides is 1. The average molecular weight is 326 g/mol. The average Bonchev–Trinajstić information content (AvgIpc) is 2.53. The van der Waals surface area contributed by atoms with Crippen molar-refractivity contribution in [2.24, 2.45) is 5.92 Å². The number of nitrogens with zero attached hydrogens (tertiary/aromatic N) is 3. The van der Waals surface area contributed by atoms with E-state index in [0.29, 0.717) is 25.9 Å². The number of piperidine rings is 1. The van der Waals surface area contributed by atoms with E-state index < -0.39 is 10.2 Å². The SMILES string of the molecule is CN(C)S(=O)(=O)N1CCC[C@@H](C(=O)NCc2ccccn2)C1. The first-order valence-electron chi connectivity index (χ1n) is 7.26. The van der Waals surface area contributed by atoms with E-state index in [1.165, 1.54) is 22.7 Å². The van der Waals surface area contributed by atoms with Crippen molar-refractivity contribution in [1.82, 2.24) is 18.9 Å². The monoisotopic (exact) mass is 326 g/mol. The fraction of sp³-hybridized carbons (Fsp3) is 0.571. The number of aromatic nitrogens is 1. The molecule has 2 heterocycles. The highest BCUT2D eigenvalue weighted by Crippen LogP contribution is 2.20. The van der Waals surface area contributed by atoms with E-state index >= 15 is 0 Å². The maximum atomic E-state index is 12.2. The Morgan fingerprint density at radius 2 is 2.23 bits per heavy atom. The zero-order valence-corrected chi connectivity index (χ0v) is 13.7. The van der Waals surface area contributed by atoms with Gasteiger partial charge in [-0.05, 0) is 25.0 Å². The minimum atomic E-state index is -3.46. The van der Waals surface area contributed by atoms with Crippen molar-refractivity contribution >= 4 is 16.1 Å². The van der Waals surface area contributed by atoms with Gasteiger partial charge in [-0.1, -0.05) is 6.07 Å². The Hall–Kier alpha value is -1.51. The lowest BCUT2D eigenvalue weighted by molar-refractivity contribution is -0.126. The van der Waals surface area contributed by atoms with E-state index in [0.717, 1.165) is 5.69 Å². The molecule has 1 aromatic heterocycles. The summed E-state index contributed by atoms with van der Waals surface area (Å²) in [5, 5.41) is 2.83. The number of hydrogen-bond acceptors (Lipinski definition) is 4. The number of rotatable bonds is 5. The third-order valence-electron chi connectivity index (χ3n) is 3.71. The van der Waals surface area contributed by atoms with Crippen LogP contribution in [0.25, 0.3) is 0 Å². The minimum Gasteiger partial charge on any atom is -0.350 e. The first-order chi connectivity index (χ1) is 10.4. The summed E-state index contributed by atoms with van der Waals surface area (Å²) >= 11 is 0. The number of pyridine rings is 1. The standard InChI is InChI=1S/C14H22N4O3S/c1-17(2)22(20,21)18-9-5-6-12(11-18)14(19)16-10-13-7-3-4-8-15-13/h3-4,7-8,12H,5-6,9-11H2,1-2H3,(H,16,19)/t12-/m1/s1. The second-order valence-corrected chi connectivity index (χ2v) is 7.67. The van der Waals surface area contributed by atoms with E-state index in [4.69, 9.17) is 0 Å². The van der Waals surface area contributed by atoms with Crippen molar-refractivity contribution in [3.05, 3.63) is 30.1 Å². The molecule has 0 bridgehead atoms. The molecule has 1 aliphatic heterocycles. The summed E-state index contributed by atoms with van der Waals surface area (Å²) in [6, 6.07) is 5.51. The molecule has 1 aromatic rings. The molecule has 2 rings (SSSR count). The van der Waals surface area contributed by atoms with Crippen LogP contribution in [0.15, 0.2) is 24.4 Å². The topological polar surface area (TPSA) is 82.6 Å². The van der Waals surface area contributed by atoms with Crippen molar-refractivity contribution in [3.63, 3.8) is 0 Å². The molecule has 0 unspecified atom stereocenters. The van der Waals surface area contributed by atoms with Crippen LogP contribution >= 0.6 is 0 Å².